The number of piperazine rings is 1. The maximum atomic E-state index is 15.7. The monoisotopic (exact) mass is 535 g/mol. The lowest BCUT2D eigenvalue weighted by atomic mass is 10.1. The molecule has 1 aromatic heterocycles. The van der Waals surface area contributed by atoms with Crippen LogP contribution in [0.3, 0.4) is 0 Å². The summed E-state index contributed by atoms with van der Waals surface area (Å²) in [6.07, 6.45) is 3.92. The van der Waals surface area contributed by atoms with E-state index >= 15 is 4.39 Å². The zero-order valence-electron chi connectivity index (χ0n) is 22.5. The second-order valence-corrected chi connectivity index (χ2v) is 10.4. The number of para-hydroxylation sites is 1. The molecule has 0 radical (unpaired) electrons. The number of fused-ring (bicyclic) bond motifs is 1. The van der Waals surface area contributed by atoms with Gasteiger partial charge in [-0.05, 0) is 51.3 Å². The minimum absolute atomic E-state index is 0.0328. The molecule has 39 heavy (non-hydrogen) atoms. The number of nitrogens with one attached hydrogen (secondary N) is 1. The lowest BCUT2D eigenvalue weighted by molar-refractivity contribution is 0.0694. The molecule has 2 fully saturated rings. The highest BCUT2D eigenvalue weighted by molar-refractivity contribution is 5.97. The molecule has 1 aliphatic heterocycles. The van der Waals surface area contributed by atoms with Crippen LogP contribution in [0.2, 0.25) is 0 Å². The predicted octanol–water partition coefficient (Wildman–Crippen LogP) is 4.57. The molecule has 2 N–H and O–H groups in total. The molecular weight excluding hydrogens is 501 g/mol. The fraction of sp³-hybridized carbons (Fsp3) is 0.414. The lowest BCUT2D eigenvalue weighted by Gasteiger charge is -2.41. The van der Waals surface area contributed by atoms with Gasteiger partial charge in [-0.3, -0.25) is 15.1 Å². The zero-order valence-corrected chi connectivity index (χ0v) is 22.5. The number of benzene rings is 2. The van der Waals surface area contributed by atoms with Gasteiger partial charge in [0.05, 0.1) is 23.7 Å². The number of methoxy groups -OCH3 is 1. The van der Waals surface area contributed by atoms with Crippen molar-refractivity contribution in [3.05, 3.63) is 64.2 Å². The van der Waals surface area contributed by atoms with E-state index in [1.54, 1.807) is 4.57 Å². The first-order chi connectivity index (χ1) is 18.8. The van der Waals surface area contributed by atoms with E-state index in [1.807, 2.05) is 42.2 Å². The van der Waals surface area contributed by atoms with Crippen LogP contribution in [0.1, 0.15) is 49.5 Å². The van der Waals surface area contributed by atoms with Crippen molar-refractivity contribution in [2.24, 2.45) is 5.10 Å². The highest BCUT2D eigenvalue weighted by Crippen LogP contribution is 2.44. The molecule has 10 heteroatoms. The quantitative estimate of drug-likeness (QED) is 0.306. The van der Waals surface area contributed by atoms with Crippen LogP contribution >= 0.6 is 0 Å². The summed E-state index contributed by atoms with van der Waals surface area (Å²) in [6.45, 7) is 6.85. The summed E-state index contributed by atoms with van der Waals surface area (Å²) in [7, 11) is 1.47. The van der Waals surface area contributed by atoms with Gasteiger partial charge in [-0.25, -0.2) is 9.18 Å². The first kappa shape index (κ1) is 26.7. The summed E-state index contributed by atoms with van der Waals surface area (Å²) in [5, 5.41) is 14.1. The Bertz CT molecular complexity index is 1470. The van der Waals surface area contributed by atoms with Crippen LogP contribution < -0.4 is 20.5 Å². The Morgan fingerprint density at radius 1 is 1.23 bits per heavy atom. The van der Waals surface area contributed by atoms with Crippen LogP contribution in [-0.4, -0.2) is 65.6 Å². The number of halogens is 1. The summed E-state index contributed by atoms with van der Waals surface area (Å²) in [5.74, 6) is -1.63. The fourth-order valence-electron chi connectivity index (χ4n) is 5.29. The molecule has 2 aliphatic rings. The van der Waals surface area contributed by atoms with Crippen molar-refractivity contribution < 1.29 is 19.0 Å². The largest absolute Gasteiger partial charge is 0.492 e. The molecule has 1 unspecified atom stereocenters. The van der Waals surface area contributed by atoms with Crippen molar-refractivity contribution in [1.82, 2.24) is 9.47 Å². The Kier molecular flexibility index (Phi) is 7.56. The van der Waals surface area contributed by atoms with E-state index in [2.05, 4.69) is 22.4 Å². The molecule has 1 saturated heterocycles. The van der Waals surface area contributed by atoms with E-state index in [9.17, 15) is 14.7 Å². The van der Waals surface area contributed by atoms with Crippen molar-refractivity contribution in [3.8, 4) is 5.75 Å². The van der Waals surface area contributed by atoms with Gasteiger partial charge in [0.1, 0.15) is 11.3 Å². The second-order valence-electron chi connectivity index (χ2n) is 10.4. The predicted molar refractivity (Wildman–Crippen MR) is 151 cm³/mol. The first-order valence-electron chi connectivity index (χ1n) is 13.3. The van der Waals surface area contributed by atoms with Crippen molar-refractivity contribution in [2.75, 3.05) is 43.6 Å². The number of carboxylic acids is 1. The molecule has 2 aromatic carbocycles. The number of carboxylic acid groups (broad SMARTS) is 1. The van der Waals surface area contributed by atoms with E-state index < -0.39 is 17.2 Å². The van der Waals surface area contributed by atoms with E-state index in [0.29, 0.717) is 24.3 Å². The first-order valence-corrected chi connectivity index (χ1v) is 13.3. The van der Waals surface area contributed by atoms with Gasteiger partial charge in [0.15, 0.2) is 11.6 Å². The molecule has 1 aliphatic carbocycles. The molecular formula is C29H34FN5O4. The Morgan fingerprint density at radius 3 is 2.62 bits per heavy atom. The number of aromatic nitrogens is 1. The summed E-state index contributed by atoms with van der Waals surface area (Å²) in [4.78, 5) is 29.0. The number of nitrogens with zero attached hydrogens (tertiary/aromatic N) is 4. The molecule has 3 aromatic rings. The molecule has 1 saturated carbocycles. The Balaban J connectivity index is 1.36. The summed E-state index contributed by atoms with van der Waals surface area (Å²) < 4.78 is 23.2. The average molecular weight is 536 g/mol. The van der Waals surface area contributed by atoms with Gasteiger partial charge in [0, 0.05) is 50.2 Å². The van der Waals surface area contributed by atoms with Crippen LogP contribution in [0.25, 0.3) is 10.9 Å². The Hall–Kier alpha value is -3.92. The zero-order chi connectivity index (χ0) is 27.7. The molecule has 0 amide bonds. The third-order valence-electron chi connectivity index (χ3n) is 7.56. The number of hydrazone groups is 1. The van der Waals surface area contributed by atoms with Crippen molar-refractivity contribution in [3.63, 3.8) is 0 Å². The normalized spacial score (nSPS) is 18.4. The number of anilines is 2. The number of hydrogen-bond acceptors (Lipinski definition) is 7. The van der Waals surface area contributed by atoms with Gasteiger partial charge in [0.2, 0.25) is 5.43 Å². The highest BCUT2D eigenvalue weighted by Gasteiger charge is 2.33. The average Bonchev–Trinajstić information content (AvgIpc) is 3.77. The number of carbonyl (C=O) groups is 1. The van der Waals surface area contributed by atoms with Gasteiger partial charge in [-0.1, -0.05) is 18.2 Å². The molecule has 2 heterocycles. The summed E-state index contributed by atoms with van der Waals surface area (Å²) in [6, 6.07) is 11.2. The number of pyridine rings is 1. The number of ether oxygens (including phenoxy) is 1. The summed E-state index contributed by atoms with van der Waals surface area (Å²) in [5.41, 5.74) is 4.74. The molecule has 5 rings (SSSR count). The van der Waals surface area contributed by atoms with E-state index in [1.165, 1.54) is 19.4 Å². The number of rotatable bonds is 9. The van der Waals surface area contributed by atoms with Crippen molar-refractivity contribution >= 4 is 34.0 Å². The van der Waals surface area contributed by atoms with E-state index in [-0.39, 0.29) is 28.8 Å². The Labute approximate surface area is 226 Å². The smallest absolute Gasteiger partial charge is 0.341 e. The van der Waals surface area contributed by atoms with Gasteiger partial charge < -0.3 is 19.3 Å². The number of hydrogen-bond donors (Lipinski definition) is 2. The van der Waals surface area contributed by atoms with Crippen molar-refractivity contribution in [2.45, 2.75) is 45.2 Å². The van der Waals surface area contributed by atoms with E-state index in [4.69, 9.17) is 4.74 Å². The van der Waals surface area contributed by atoms with Gasteiger partial charge in [-0.15, -0.1) is 0 Å². The van der Waals surface area contributed by atoms with Crippen LogP contribution in [-0.2, 0) is 0 Å². The Morgan fingerprint density at radius 2 is 1.97 bits per heavy atom. The van der Waals surface area contributed by atoms with Crippen LogP contribution in [0, 0.1) is 5.82 Å². The van der Waals surface area contributed by atoms with Crippen LogP contribution in [0.15, 0.2) is 52.5 Å². The summed E-state index contributed by atoms with van der Waals surface area (Å²) >= 11 is 0. The standard InChI is InChI=1S/C29H34FN5O4/c1-18(31-32-20-7-5-4-6-8-20)11-12-33-13-14-34(16-19(33)2)26-24(30)15-22-25(28(26)39-3)35(21-9-10-21)17-23(27(22)36)29(37)38/h4-8,15,17,19,21,32H,9-14,16H2,1-3H3,(H,37,38)/b31-18-. The van der Waals surface area contributed by atoms with Gasteiger partial charge in [0.25, 0.3) is 0 Å². The van der Waals surface area contributed by atoms with Crippen molar-refractivity contribution in [1.29, 1.82) is 0 Å². The molecule has 1 atom stereocenters. The molecule has 0 spiro atoms. The van der Waals surface area contributed by atoms with Gasteiger partial charge >= 0.3 is 5.97 Å². The molecule has 206 valence electrons. The topological polar surface area (TPSA) is 99.4 Å². The SMILES string of the molecule is COc1c(N2CCN(CC/C(C)=N\Nc3ccccc3)C(C)C2)c(F)cc2c(=O)c(C(=O)O)cn(C3CC3)c12. The third kappa shape index (κ3) is 5.47. The minimum atomic E-state index is -1.32. The highest BCUT2D eigenvalue weighted by atomic mass is 19.1. The minimum Gasteiger partial charge on any atom is -0.492 e. The number of aromatic carboxylic acids is 1. The maximum Gasteiger partial charge on any atom is 0.341 e. The molecule has 9 nitrogen and oxygen atoms in total. The third-order valence-corrected chi connectivity index (χ3v) is 7.56. The fourth-order valence-corrected chi connectivity index (χ4v) is 5.29. The lowest BCUT2D eigenvalue weighted by Crippen LogP contribution is -2.52. The maximum absolute atomic E-state index is 15.7. The molecule has 0 bridgehead atoms. The van der Waals surface area contributed by atoms with E-state index in [0.717, 1.165) is 43.8 Å². The second kappa shape index (κ2) is 11.1. The van der Waals surface area contributed by atoms with Crippen LogP contribution in [0.5, 0.6) is 5.75 Å². The van der Waals surface area contributed by atoms with Gasteiger partial charge in [-0.2, -0.15) is 5.10 Å². The van der Waals surface area contributed by atoms with Crippen LogP contribution in [0.4, 0.5) is 15.8 Å².